The maximum Gasteiger partial charge on any atom is 0.234 e. The van der Waals surface area contributed by atoms with Gasteiger partial charge in [0.15, 0.2) is 10.9 Å². The SMILES string of the molecule is CCn1c(C)nnc1SCC(=O)Nc1ccccc1Oc1ccccc1. The lowest BCUT2D eigenvalue weighted by Gasteiger charge is -2.12. The van der Waals surface area contributed by atoms with E-state index in [9.17, 15) is 4.79 Å². The largest absolute Gasteiger partial charge is 0.455 e. The highest BCUT2D eigenvalue weighted by atomic mass is 32.2. The van der Waals surface area contributed by atoms with Crippen molar-refractivity contribution < 1.29 is 9.53 Å². The van der Waals surface area contributed by atoms with Crippen molar-refractivity contribution in [2.75, 3.05) is 11.1 Å². The molecule has 1 heterocycles. The van der Waals surface area contributed by atoms with Crippen LogP contribution in [0.1, 0.15) is 12.7 Å². The normalized spacial score (nSPS) is 10.5. The summed E-state index contributed by atoms with van der Waals surface area (Å²) in [5.74, 6) is 2.29. The van der Waals surface area contributed by atoms with Crippen molar-refractivity contribution in [3.05, 3.63) is 60.4 Å². The van der Waals surface area contributed by atoms with Crippen LogP contribution in [0.15, 0.2) is 59.8 Å². The number of carbonyl (C=O) groups is 1. The number of hydrogen-bond acceptors (Lipinski definition) is 5. The van der Waals surface area contributed by atoms with Gasteiger partial charge in [0.2, 0.25) is 5.91 Å². The second-order valence-corrected chi connectivity index (χ2v) is 6.46. The van der Waals surface area contributed by atoms with E-state index in [1.165, 1.54) is 11.8 Å². The predicted molar refractivity (Wildman–Crippen MR) is 103 cm³/mol. The molecule has 0 atom stereocenters. The number of aromatic nitrogens is 3. The summed E-state index contributed by atoms with van der Waals surface area (Å²) in [5, 5.41) is 11.8. The molecule has 6 nitrogen and oxygen atoms in total. The first-order valence-electron chi connectivity index (χ1n) is 8.31. The Bertz CT molecular complexity index is 880. The van der Waals surface area contributed by atoms with E-state index in [0.29, 0.717) is 11.4 Å². The zero-order chi connectivity index (χ0) is 18.4. The van der Waals surface area contributed by atoms with Crippen LogP contribution in [0.5, 0.6) is 11.5 Å². The number of carbonyl (C=O) groups excluding carboxylic acids is 1. The topological polar surface area (TPSA) is 69.0 Å². The average Bonchev–Trinajstić information content (AvgIpc) is 3.02. The van der Waals surface area contributed by atoms with E-state index < -0.39 is 0 Å². The Kier molecular flexibility index (Phi) is 5.91. The Morgan fingerprint density at radius 1 is 1.12 bits per heavy atom. The third kappa shape index (κ3) is 4.43. The van der Waals surface area contributed by atoms with Gasteiger partial charge >= 0.3 is 0 Å². The first kappa shape index (κ1) is 18.0. The number of amides is 1. The lowest BCUT2D eigenvalue weighted by atomic mass is 10.3. The van der Waals surface area contributed by atoms with Crippen molar-refractivity contribution in [1.82, 2.24) is 14.8 Å². The van der Waals surface area contributed by atoms with Crippen LogP contribution in [0.25, 0.3) is 0 Å². The molecule has 134 valence electrons. The lowest BCUT2D eigenvalue weighted by molar-refractivity contribution is -0.113. The summed E-state index contributed by atoms with van der Waals surface area (Å²) < 4.78 is 7.84. The molecule has 2 aromatic carbocycles. The van der Waals surface area contributed by atoms with Gasteiger partial charge < -0.3 is 14.6 Å². The summed E-state index contributed by atoms with van der Waals surface area (Å²) in [6.45, 7) is 4.70. The molecule has 3 aromatic rings. The molecule has 1 amide bonds. The molecule has 0 bridgehead atoms. The van der Waals surface area contributed by atoms with Gasteiger partial charge in [-0.05, 0) is 38.1 Å². The highest BCUT2D eigenvalue weighted by molar-refractivity contribution is 7.99. The number of thioether (sulfide) groups is 1. The number of nitrogens with one attached hydrogen (secondary N) is 1. The molecular formula is C19H20N4O2S. The summed E-state index contributed by atoms with van der Waals surface area (Å²) in [7, 11) is 0. The van der Waals surface area contributed by atoms with E-state index in [2.05, 4.69) is 15.5 Å². The summed E-state index contributed by atoms with van der Waals surface area (Å²) >= 11 is 1.37. The van der Waals surface area contributed by atoms with E-state index in [1.807, 2.05) is 73.0 Å². The molecule has 7 heteroatoms. The van der Waals surface area contributed by atoms with E-state index >= 15 is 0 Å². The zero-order valence-corrected chi connectivity index (χ0v) is 15.5. The van der Waals surface area contributed by atoms with Gasteiger partial charge in [-0.25, -0.2) is 0 Å². The number of hydrogen-bond donors (Lipinski definition) is 1. The van der Waals surface area contributed by atoms with Crippen molar-refractivity contribution >= 4 is 23.4 Å². The molecule has 0 aliphatic rings. The van der Waals surface area contributed by atoms with Crippen LogP contribution in [0.4, 0.5) is 5.69 Å². The van der Waals surface area contributed by atoms with Crippen LogP contribution in [-0.4, -0.2) is 26.4 Å². The van der Waals surface area contributed by atoms with Gasteiger partial charge in [-0.2, -0.15) is 0 Å². The molecule has 3 rings (SSSR count). The van der Waals surface area contributed by atoms with E-state index in [4.69, 9.17) is 4.74 Å². The molecule has 1 aromatic heterocycles. The van der Waals surface area contributed by atoms with Crippen LogP contribution in [-0.2, 0) is 11.3 Å². The Morgan fingerprint density at radius 2 is 1.85 bits per heavy atom. The quantitative estimate of drug-likeness (QED) is 0.635. The van der Waals surface area contributed by atoms with E-state index in [1.54, 1.807) is 0 Å². The molecule has 0 aliphatic carbocycles. The van der Waals surface area contributed by atoms with E-state index in [-0.39, 0.29) is 11.7 Å². The number of nitrogens with zero attached hydrogens (tertiary/aromatic N) is 3. The average molecular weight is 368 g/mol. The van der Waals surface area contributed by atoms with Gasteiger partial charge in [-0.3, -0.25) is 4.79 Å². The predicted octanol–water partition coefficient (Wildman–Crippen LogP) is 4.13. The lowest BCUT2D eigenvalue weighted by Crippen LogP contribution is -2.15. The maximum atomic E-state index is 12.4. The summed E-state index contributed by atoms with van der Waals surface area (Å²) in [6.07, 6.45) is 0. The smallest absolute Gasteiger partial charge is 0.234 e. The van der Waals surface area contributed by atoms with Crippen LogP contribution in [0.3, 0.4) is 0 Å². The first-order valence-corrected chi connectivity index (χ1v) is 9.30. The summed E-state index contributed by atoms with van der Waals surface area (Å²) in [6, 6.07) is 16.8. The number of para-hydroxylation sites is 3. The second-order valence-electron chi connectivity index (χ2n) is 5.52. The molecule has 26 heavy (non-hydrogen) atoms. The van der Waals surface area contributed by atoms with Gasteiger partial charge in [-0.15, -0.1) is 10.2 Å². The molecule has 0 spiro atoms. The number of aryl methyl sites for hydroxylation is 1. The van der Waals surface area contributed by atoms with Gasteiger partial charge in [0.05, 0.1) is 11.4 Å². The molecular weight excluding hydrogens is 348 g/mol. The van der Waals surface area contributed by atoms with Crippen molar-refractivity contribution in [2.45, 2.75) is 25.5 Å². The Balaban J connectivity index is 1.64. The zero-order valence-electron chi connectivity index (χ0n) is 14.7. The standard InChI is InChI=1S/C19H20N4O2S/c1-3-23-14(2)21-22-19(23)26-13-18(24)20-16-11-7-8-12-17(16)25-15-9-5-4-6-10-15/h4-12H,3,13H2,1-2H3,(H,20,24). The summed E-state index contributed by atoms with van der Waals surface area (Å²) in [5.41, 5.74) is 0.634. The first-order chi connectivity index (χ1) is 12.7. The minimum Gasteiger partial charge on any atom is -0.455 e. The Hall–Kier alpha value is -2.80. The second kappa shape index (κ2) is 8.53. The summed E-state index contributed by atoms with van der Waals surface area (Å²) in [4.78, 5) is 12.4. The fourth-order valence-electron chi connectivity index (χ4n) is 2.42. The van der Waals surface area contributed by atoms with Gasteiger partial charge in [0.1, 0.15) is 11.6 Å². The van der Waals surface area contributed by atoms with Crippen LogP contribution >= 0.6 is 11.8 Å². The number of benzene rings is 2. The van der Waals surface area contributed by atoms with Crippen LogP contribution in [0.2, 0.25) is 0 Å². The highest BCUT2D eigenvalue weighted by Crippen LogP contribution is 2.29. The highest BCUT2D eigenvalue weighted by Gasteiger charge is 2.12. The monoisotopic (exact) mass is 368 g/mol. The number of ether oxygens (including phenoxy) is 1. The molecule has 0 saturated heterocycles. The van der Waals surface area contributed by atoms with Crippen LogP contribution in [0, 0.1) is 6.92 Å². The Morgan fingerprint density at radius 3 is 2.62 bits per heavy atom. The number of rotatable bonds is 7. The Labute approximate surface area is 156 Å². The third-order valence-corrected chi connectivity index (χ3v) is 4.65. The minimum atomic E-state index is -0.123. The van der Waals surface area contributed by atoms with E-state index in [0.717, 1.165) is 23.3 Å². The van der Waals surface area contributed by atoms with Gasteiger partial charge in [-0.1, -0.05) is 42.1 Å². The fraction of sp³-hybridized carbons (Fsp3) is 0.211. The maximum absolute atomic E-state index is 12.4. The molecule has 1 N–H and O–H groups in total. The van der Waals surface area contributed by atoms with Crippen LogP contribution < -0.4 is 10.1 Å². The van der Waals surface area contributed by atoms with Crippen molar-refractivity contribution in [3.63, 3.8) is 0 Å². The fourth-order valence-corrected chi connectivity index (χ4v) is 3.27. The van der Waals surface area contributed by atoms with Gasteiger partial charge in [0, 0.05) is 6.54 Å². The van der Waals surface area contributed by atoms with Crippen molar-refractivity contribution in [1.29, 1.82) is 0 Å². The molecule has 0 fully saturated rings. The molecule has 0 unspecified atom stereocenters. The molecule has 0 aliphatic heterocycles. The van der Waals surface area contributed by atoms with Gasteiger partial charge in [0.25, 0.3) is 0 Å². The minimum absolute atomic E-state index is 0.123. The molecule has 0 saturated carbocycles. The van der Waals surface area contributed by atoms with Crippen molar-refractivity contribution in [2.24, 2.45) is 0 Å². The third-order valence-electron chi connectivity index (χ3n) is 3.68. The molecule has 0 radical (unpaired) electrons. The number of anilines is 1. The van der Waals surface area contributed by atoms with Crippen molar-refractivity contribution in [3.8, 4) is 11.5 Å².